The van der Waals surface area contributed by atoms with Crippen molar-refractivity contribution in [2.24, 2.45) is 0 Å². The number of unbranched alkanes of at least 4 members (excludes halogenated alkanes) is 1. The quantitative estimate of drug-likeness (QED) is 0.173. The lowest BCUT2D eigenvalue weighted by Gasteiger charge is -2.33. The van der Waals surface area contributed by atoms with E-state index in [9.17, 15) is 28.1 Å². The van der Waals surface area contributed by atoms with Crippen LogP contribution in [0.3, 0.4) is 0 Å². The van der Waals surface area contributed by atoms with Crippen molar-refractivity contribution in [3.63, 3.8) is 0 Å². The molecule has 0 bridgehead atoms. The van der Waals surface area contributed by atoms with Crippen molar-refractivity contribution < 1.29 is 22.9 Å². The van der Waals surface area contributed by atoms with E-state index in [1.54, 1.807) is 0 Å². The van der Waals surface area contributed by atoms with Crippen molar-refractivity contribution in [3.8, 4) is 0 Å². The van der Waals surface area contributed by atoms with Crippen LogP contribution in [0, 0.1) is 17.0 Å². The number of carbonyl (C=O) groups excluding carboxylic acids is 2. The fourth-order valence-electron chi connectivity index (χ4n) is 4.41. The summed E-state index contributed by atoms with van der Waals surface area (Å²) < 4.78 is 26.6. The smallest absolute Gasteiger partial charge is 0.271 e. The molecule has 1 atom stereocenters. The van der Waals surface area contributed by atoms with Gasteiger partial charge < -0.3 is 10.2 Å². The van der Waals surface area contributed by atoms with E-state index in [0.29, 0.717) is 6.54 Å². The molecule has 1 N–H and O–H groups in total. The van der Waals surface area contributed by atoms with E-state index < -0.39 is 33.4 Å². The molecule has 0 heterocycles. The second-order valence-corrected chi connectivity index (χ2v) is 11.8. The summed E-state index contributed by atoms with van der Waals surface area (Å²) in [6, 6.07) is 20.9. The molecule has 11 heteroatoms. The van der Waals surface area contributed by atoms with Crippen LogP contribution < -0.4 is 9.62 Å². The number of rotatable bonds is 14. The molecule has 0 aliphatic heterocycles. The molecule has 0 radical (unpaired) electrons. The average Bonchev–Trinajstić information content (AvgIpc) is 2.94. The topological polar surface area (TPSA) is 130 Å². The summed E-state index contributed by atoms with van der Waals surface area (Å²) in [5, 5.41) is 14.3. The average molecular weight is 581 g/mol. The highest BCUT2D eigenvalue weighted by Crippen LogP contribution is 2.24. The monoisotopic (exact) mass is 580 g/mol. The molecule has 0 aliphatic rings. The fourth-order valence-corrected chi connectivity index (χ4v) is 5.25. The molecule has 10 nitrogen and oxygen atoms in total. The van der Waals surface area contributed by atoms with Gasteiger partial charge in [0.1, 0.15) is 12.6 Å². The first kappa shape index (κ1) is 31.3. The molecule has 0 fully saturated rings. The number of sulfonamides is 1. The number of nitro groups is 1. The van der Waals surface area contributed by atoms with Crippen molar-refractivity contribution in [2.45, 2.75) is 45.7 Å². The Bertz CT molecular complexity index is 1460. The summed E-state index contributed by atoms with van der Waals surface area (Å²) in [4.78, 5) is 39.8. The number of benzene rings is 3. The molecule has 41 heavy (non-hydrogen) atoms. The van der Waals surface area contributed by atoms with Crippen LogP contribution in [0.5, 0.6) is 0 Å². The number of nitrogens with one attached hydrogen (secondary N) is 1. The first-order valence-electron chi connectivity index (χ1n) is 13.4. The number of amides is 2. The summed E-state index contributed by atoms with van der Waals surface area (Å²) in [7, 11) is -4.03. The van der Waals surface area contributed by atoms with Gasteiger partial charge in [-0.05, 0) is 36.1 Å². The molecule has 0 aromatic heterocycles. The van der Waals surface area contributed by atoms with Crippen molar-refractivity contribution in [2.75, 3.05) is 23.7 Å². The molecule has 3 rings (SSSR count). The highest BCUT2D eigenvalue weighted by Gasteiger charge is 2.33. The van der Waals surface area contributed by atoms with Crippen LogP contribution in [0.15, 0.2) is 78.9 Å². The van der Waals surface area contributed by atoms with Crippen LogP contribution in [0.25, 0.3) is 0 Å². The Morgan fingerprint density at radius 3 is 2.32 bits per heavy atom. The minimum absolute atomic E-state index is 0.0158. The number of hydrogen-bond acceptors (Lipinski definition) is 6. The van der Waals surface area contributed by atoms with E-state index in [0.717, 1.165) is 46.2 Å². The molecular formula is C30H36N4O6S. The van der Waals surface area contributed by atoms with E-state index in [4.69, 9.17) is 0 Å². The number of hydrogen-bond donors (Lipinski definition) is 1. The van der Waals surface area contributed by atoms with Gasteiger partial charge in [-0.1, -0.05) is 74.0 Å². The lowest BCUT2D eigenvalue weighted by Crippen LogP contribution is -2.53. The molecule has 0 saturated heterocycles. The highest BCUT2D eigenvalue weighted by atomic mass is 32.2. The number of non-ortho nitro benzene ring substituents is 1. The van der Waals surface area contributed by atoms with E-state index in [-0.39, 0.29) is 30.2 Å². The molecule has 0 aliphatic carbocycles. The molecular weight excluding hydrogens is 544 g/mol. The predicted molar refractivity (Wildman–Crippen MR) is 159 cm³/mol. The third kappa shape index (κ3) is 8.87. The molecule has 2 amide bonds. The van der Waals surface area contributed by atoms with Gasteiger partial charge in [0.15, 0.2) is 0 Å². The number of anilines is 1. The Labute approximate surface area is 241 Å². The first-order valence-corrected chi connectivity index (χ1v) is 15.2. The van der Waals surface area contributed by atoms with Gasteiger partial charge in [-0.3, -0.25) is 24.0 Å². The van der Waals surface area contributed by atoms with Gasteiger partial charge in [0, 0.05) is 31.6 Å². The summed E-state index contributed by atoms with van der Waals surface area (Å²) in [6.45, 7) is 3.78. The minimum atomic E-state index is -4.03. The van der Waals surface area contributed by atoms with Crippen LogP contribution in [0.2, 0.25) is 0 Å². The van der Waals surface area contributed by atoms with Crippen molar-refractivity contribution in [1.82, 2.24) is 10.2 Å². The summed E-state index contributed by atoms with van der Waals surface area (Å²) in [6.07, 6.45) is 2.79. The van der Waals surface area contributed by atoms with E-state index in [2.05, 4.69) is 5.32 Å². The Balaban J connectivity index is 2.06. The van der Waals surface area contributed by atoms with Crippen LogP contribution in [0.4, 0.5) is 11.4 Å². The Kier molecular flexibility index (Phi) is 11.0. The zero-order valence-electron chi connectivity index (χ0n) is 23.5. The number of nitro benzene ring substituents is 1. The van der Waals surface area contributed by atoms with Gasteiger partial charge in [0.2, 0.25) is 21.8 Å². The van der Waals surface area contributed by atoms with Gasteiger partial charge >= 0.3 is 0 Å². The van der Waals surface area contributed by atoms with Crippen molar-refractivity contribution in [3.05, 3.63) is 106 Å². The Hall–Kier alpha value is -4.25. The van der Waals surface area contributed by atoms with E-state index in [1.807, 2.05) is 68.4 Å². The third-order valence-electron chi connectivity index (χ3n) is 6.71. The largest absolute Gasteiger partial charge is 0.354 e. The standard InChI is InChI=1S/C30H36N4O6S/c1-4-5-18-31-30(36)28(19-24-13-7-6-8-14-24)32(21-25-15-10-9-12-23(25)2)29(35)22-33(41(3,39)40)26-16-11-17-27(20-26)34(37)38/h6-17,20,28H,4-5,18-19,21-22H2,1-3H3,(H,31,36)/t28-/m0/s1. The summed E-state index contributed by atoms with van der Waals surface area (Å²) >= 11 is 0. The van der Waals surface area contributed by atoms with Crippen molar-refractivity contribution >= 4 is 33.2 Å². The highest BCUT2D eigenvalue weighted by molar-refractivity contribution is 7.92. The first-order chi connectivity index (χ1) is 19.5. The van der Waals surface area contributed by atoms with Crippen LogP contribution in [0.1, 0.15) is 36.5 Å². The number of carbonyl (C=O) groups is 2. The zero-order valence-corrected chi connectivity index (χ0v) is 24.3. The molecule has 3 aromatic carbocycles. The maximum atomic E-state index is 14.1. The lowest BCUT2D eigenvalue weighted by atomic mass is 10.0. The van der Waals surface area contributed by atoms with Gasteiger partial charge in [-0.15, -0.1) is 0 Å². The van der Waals surface area contributed by atoms with Crippen LogP contribution in [-0.4, -0.2) is 55.4 Å². The normalized spacial score (nSPS) is 11.9. The minimum Gasteiger partial charge on any atom is -0.354 e. The Morgan fingerprint density at radius 1 is 1.00 bits per heavy atom. The second-order valence-electron chi connectivity index (χ2n) is 9.84. The van der Waals surface area contributed by atoms with E-state index >= 15 is 0 Å². The number of aryl methyl sites for hydroxylation is 1. The number of nitrogens with zero attached hydrogens (tertiary/aromatic N) is 3. The van der Waals surface area contributed by atoms with Gasteiger partial charge in [-0.2, -0.15) is 0 Å². The SMILES string of the molecule is CCCCNC(=O)[C@H](Cc1ccccc1)N(Cc1ccccc1C)C(=O)CN(c1cccc([N+](=O)[O-])c1)S(C)(=O)=O. The fraction of sp³-hybridized carbons (Fsp3) is 0.333. The molecule has 3 aromatic rings. The lowest BCUT2D eigenvalue weighted by molar-refractivity contribution is -0.384. The maximum Gasteiger partial charge on any atom is 0.271 e. The molecule has 0 unspecified atom stereocenters. The van der Waals surface area contributed by atoms with Crippen molar-refractivity contribution in [1.29, 1.82) is 0 Å². The second kappa shape index (κ2) is 14.4. The molecule has 218 valence electrons. The van der Waals surface area contributed by atoms with Gasteiger partial charge in [0.25, 0.3) is 5.69 Å². The van der Waals surface area contributed by atoms with E-state index in [1.165, 1.54) is 23.1 Å². The van der Waals surface area contributed by atoms with Crippen LogP contribution in [-0.2, 0) is 32.6 Å². The molecule has 0 saturated carbocycles. The molecule has 0 spiro atoms. The van der Waals surface area contributed by atoms with Crippen LogP contribution >= 0.6 is 0 Å². The summed E-state index contributed by atoms with van der Waals surface area (Å²) in [5.41, 5.74) is 2.23. The summed E-state index contributed by atoms with van der Waals surface area (Å²) in [5.74, 6) is -0.956. The van der Waals surface area contributed by atoms with Gasteiger partial charge in [0.05, 0.1) is 16.9 Å². The third-order valence-corrected chi connectivity index (χ3v) is 7.85. The Morgan fingerprint density at radius 2 is 1.68 bits per heavy atom. The van der Waals surface area contributed by atoms with Gasteiger partial charge in [-0.25, -0.2) is 8.42 Å². The maximum absolute atomic E-state index is 14.1. The predicted octanol–water partition coefficient (Wildman–Crippen LogP) is 4.23. The zero-order chi connectivity index (χ0) is 30.0.